The van der Waals surface area contributed by atoms with Gasteiger partial charge in [0.05, 0.1) is 0 Å². The molecule has 0 spiro atoms. The van der Waals surface area contributed by atoms with Gasteiger partial charge in [0.1, 0.15) is 5.75 Å². The molecule has 0 radical (unpaired) electrons. The summed E-state index contributed by atoms with van der Waals surface area (Å²) in [5.41, 5.74) is 4.99. The van der Waals surface area contributed by atoms with Gasteiger partial charge in [0, 0.05) is 0 Å². The van der Waals surface area contributed by atoms with E-state index in [0.717, 1.165) is 17.3 Å². The monoisotopic (exact) mass is 266 g/mol. The normalized spacial score (nSPS) is 13.7. The number of hydrogen-bond donors (Lipinski definition) is 1. The van der Waals surface area contributed by atoms with Gasteiger partial charge < -0.3 is 5.11 Å². The first-order valence-electron chi connectivity index (χ1n) is 6.67. The summed E-state index contributed by atoms with van der Waals surface area (Å²) in [5, 5.41) is 9.99. The van der Waals surface area contributed by atoms with Crippen molar-refractivity contribution >= 4 is 9.24 Å². The molecule has 1 N–H and O–H groups in total. The molecule has 0 aliphatic carbocycles. The summed E-state index contributed by atoms with van der Waals surface area (Å²) in [7, 11) is 2.87. The molecule has 0 aliphatic rings. The van der Waals surface area contributed by atoms with E-state index in [0.29, 0.717) is 17.1 Å². The molecule has 2 unspecified atom stereocenters. The summed E-state index contributed by atoms with van der Waals surface area (Å²) in [5.74, 6) is 1.00. The SMILES string of the molecule is Cc1cc(C(CP)CC(C)(C)C)c(C)c(C)c1O. The molecule has 0 heterocycles. The van der Waals surface area contributed by atoms with Crippen LogP contribution in [-0.4, -0.2) is 11.3 Å². The maximum Gasteiger partial charge on any atom is 0.121 e. The van der Waals surface area contributed by atoms with Crippen molar-refractivity contribution in [2.45, 2.75) is 53.9 Å². The first-order chi connectivity index (χ1) is 8.17. The zero-order chi connectivity index (χ0) is 14.1. The highest BCUT2D eigenvalue weighted by Crippen LogP contribution is 2.37. The molecule has 1 aromatic rings. The van der Waals surface area contributed by atoms with Crippen LogP contribution in [-0.2, 0) is 0 Å². The zero-order valence-electron chi connectivity index (χ0n) is 12.6. The van der Waals surface area contributed by atoms with Crippen LogP contribution in [0.3, 0.4) is 0 Å². The predicted octanol–water partition coefficient (Wildman–Crippen LogP) is 4.71. The maximum absolute atomic E-state index is 9.99. The quantitative estimate of drug-likeness (QED) is 0.785. The number of phenols is 1. The molecule has 0 aromatic heterocycles. The summed E-state index contributed by atoms with van der Waals surface area (Å²) in [4.78, 5) is 0. The molecule has 1 aromatic carbocycles. The van der Waals surface area contributed by atoms with E-state index in [9.17, 15) is 5.11 Å². The Morgan fingerprint density at radius 3 is 2.17 bits per heavy atom. The lowest BCUT2D eigenvalue weighted by Gasteiger charge is -2.27. The standard InChI is InChI=1S/C16H27OP/c1-10-7-14(11(2)12(3)15(10)17)13(9-18)8-16(4,5)6/h7,13,17H,8-9,18H2,1-6H3. The van der Waals surface area contributed by atoms with Gasteiger partial charge in [0.2, 0.25) is 0 Å². The molecule has 1 nitrogen and oxygen atoms in total. The van der Waals surface area contributed by atoms with Crippen LogP contribution in [0, 0.1) is 26.2 Å². The van der Waals surface area contributed by atoms with Crippen LogP contribution in [0.1, 0.15) is 55.4 Å². The van der Waals surface area contributed by atoms with Crippen LogP contribution in [0.5, 0.6) is 5.75 Å². The van der Waals surface area contributed by atoms with E-state index in [-0.39, 0.29) is 0 Å². The van der Waals surface area contributed by atoms with Crippen LogP contribution in [0.25, 0.3) is 0 Å². The molecule has 2 atom stereocenters. The number of hydrogen-bond acceptors (Lipinski definition) is 1. The van der Waals surface area contributed by atoms with Crippen molar-refractivity contribution in [3.8, 4) is 5.75 Å². The lowest BCUT2D eigenvalue weighted by Crippen LogP contribution is -2.14. The van der Waals surface area contributed by atoms with Crippen molar-refractivity contribution in [3.05, 3.63) is 28.3 Å². The minimum atomic E-state index is 0.327. The van der Waals surface area contributed by atoms with Gasteiger partial charge in [-0.1, -0.05) is 26.8 Å². The summed E-state index contributed by atoms with van der Waals surface area (Å²) >= 11 is 0. The van der Waals surface area contributed by atoms with Gasteiger partial charge in [0.15, 0.2) is 0 Å². The molecule has 1 rings (SSSR count). The van der Waals surface area contributed by atoms with Gasteiger partial charge in [-0.3, -0.25) is 0 Å². The van der Waals surface area contributed by atoms with Crippen LogP contribution >= 0.6 is 9.24 Å². The lowest BCUT2D eigenvalue weighted by atomic mass is 9.80. The Morgan fingerprint density at radius 1 is 1.17 bits per heavy atom. The molecule has 0 saturated carbocycles. The van der Waals surface area contributed by atoms with Gasteiger partial charge in [-0.05, 0) is 66.9 Å². The second-order valence-corrected chi connectivity index (χ2v) is 7.05. The fourth-order valence-electron chi connectivity index (χ4n) is 2.58. The molecular weight excluding hydrogens is 239 g/mol. The van der Waals surface area contributed by atoms with Crippen LogP contribution in [0.15, 0.2) is 6.07 Å². The fourth-order valence-corrected chi connectivity index (χ4v) is 3.00. The molecule has 0 aliphatic heterocycles. The Balaban J connectivity index is 3.22. The average Bonchev–Trinajstić information content (AvgIpc) is 2.27. The minimum Gasteiger partial charge on any atom is -0.507 e. The smallest absolute Gasteiger partial charge is 0.121 e. The second-order valence-electron chi connectivity index (χ2n) is 6.58. The lowest BCUT2D eigenvalue weighted by molar-refractivity contribution is 0.350. The first-order valence-corrected chi connectivity index (χ1v) is 7.48. The third-order valence-corrected chi connectivity index (χ3v) is 4.25. The van der Waals surface area contributed by atoms with Crippen molar-refractivity contribution in [2.75, 3.05) is 6.16 Å². The van der Waals surface area contributed by atoms with Crippen molar-refractivity contribution in [1.82, 2.24) is 0 Å². The van der Waals surface area contributed by atoms with Crippen LogP contribution in [0.2, 0.25) is 0 Å². The molecule has 18 heavy (non-hydrogen) atoms. The Labute approximate surface area is 114 Å². The Morgan fingerprint density at radius 2 is 1.72 bits per heavy atom. The fraction of sp³-hybridized carbons (Fsp3) is 0.625. The highest BCUT2D eigenvalue weighted by atomic mass is 31.0. The molecule has 2 heteroatoms. The van der Waals surface area contributed by atoms with E-state index in [1.54, 1.807) is 0 Å². The highest BCUT2D eigenvalue weighted by Gasteiger charge is 2.22. The topological polar surface area (TPSA) is 20.2 Å². The van der Waals surface area contributed by atoms with E-state index in [1.807, 2.05) is 13.8 Å². The second kappa shape index (κ2) is 5.61. The molecule has 0 bridgehead atoms. The van der Waals surface area contributed by atoms with E-state index >= 15 is 0 Å². The summed E-state index contributed by atoms with van der Waals surface area (Å²) in [6, 6.07) is 2.16. The molecule has 0 amide bonds. The molecular formula is C16H27OP. The predicted molar refractivity (Wildman–Crippen MR) is 83.7 cm³/mol. The van der Waals surface area contributed by atoms with Gasteiger partial charge in [0.25, 0.3) is 0 Å². The Kier molecular flexibility index (Phi) is 4.84. The highest BCUT2D eigenvalue weighted by molar-refractivity contribution is 7.16. The number of rotatable bonds is 3. The zero-order valence-corrected chi connectivity index (χ0v) is 13.7. The van der Waals surface area contributed by atoms with Gasteiger partial charge in [-0.15, -0.1) is 9.24 Å². The van der Waals surface area contributed by atoms with E-state index in [2.05, 4.69) is 43.0 Å². The van der Waals surface area contributed by atoms with Gasteiger partial charge in [-0.25, -0.2) is 0 Å². The Bertz CT molecular complexity index is 430. The summed E-state index contributed by atoms with van der Waals surface area (Å²) in [6.07, 6.45) is 2.24. The molecule has 102 valence electrons. The van der Waals surface area contributed by atoms with Crippen molar-refractivity contribution < 1.29 is 5.11 Å². The van der Waals surface area contributed by atoms with Crippen LogP contribution < -0.4 is 0 Å². The first kappa shape index (κ1) is 15.5. The third-order valence-electron chi connectivity index (χ3n) is 3.68. The van der Waals surface area contributed by atoms with Crippen molar-refractivity contribution in [1.29, 1.82) is 0 Å². The van der Waals surface area contributed by atoms with Crippen LogP contribution in [0.4, 0.5) is 0 Å². The minimum absolute atomic E-state index is 0.327. The molecule has 0 saturated heterocycles. The summed E-state index contributed by atoms with van der Waals surface area (Å²) in [6.45, 7) is 13.0. The van der Waals surface area contributed by atoms with E-state index in [1.165, 1.54) is 17.5 Å². The number of phenolic OH excluding ortho intramolecular Hbond substituents is 1. The van der Waals surface area contributed by atoms with Crippen molar-refractivity contribution in [3.63, 3.8) is 0 Å². The van der Waals surface area contributed by atoms with Gasteiger partial charge in [-0.2, -0.15) is 0 Å². The summed E-state index contributed by atoms with van der Waals surface area (Å²) < 4.78 is 0. The van der Waals surface area contributed by atoms with Crippen molar-refractivity contribution in [2.24, 2.45) is 5.41 Å². The van der Waals surface area contributed by atoms with E-state index < -0.39 is 0 Å². The molecule has 0 fully saturated rings. The average molecular weight is 266 g/mol. The number of aryl methyl sites for hydroxylation is 1. The number of benzene rings is 1. The number of aromatic hydroxyl groups is 1. The van der Waals surface area contributed by atoms with Gasteiger partial charge >= 0.3 is 0 Å². The van der Waals surface area contributed by atoms with E-state index in [4.69, 9.17) is 0 Å². The largest absolute Gasteiger partial charge is 0.507 e. The third kappa shape index (κ3) is 3.48. The Hall–Kier alpha value is -0.550. The maximum atomic E-state index is 9.99.